The highest BCUT2D eigenvalue weighted by Gasteiger charge is 2.54. The van der Waals surface area contributed by atoms with Gasteiger partial charge in [0.2, 0.25) is 0 Å². The van der Waals surface area contributed by atoms with Crippen molar-refractivity contribution in [3.05, 3.63) is 204 Å². The lowest BCUT2D eigenvalue weighted by Gasteiger charge is -2.47. The third-order valence-electron chi connectivity index (χ3n) is 11.9. The molecule has 2 aliphatic heterocycles. The Kier molecular flexibility index (Phi) is 5.88. The highest BCUT2D eigenvalue weighted by atomic mass is 32.1. The molecule has 2 nitrogen and oxygen atoms in total. The standard InChI is InChI=1S/C49H30NOPS/c51-52(33-13-2-1-3-14-33)44-23-10-7-19-39(44)49(38-18-6-9-22-43(38)50-42-21-8-4-15-34(42)36-17-12-20-41(49)48(36)50)40-27-25-32(30-45(40)52)31-26-28-47-37(29-31)35-16-5-11-24-46(35)53-47/h1-30H. The van der Waals surface area contributed by atoms with E-state index in [1.165, 1.54) is 53.1 Å². The zero-order valence-corrected chi connectivity index (χ0v) is 30.2. The Morgan fingerprint density at radius 2 is 1.09 bits per heavy atom. The second-order valence-electron chi connectivity index (χ2n) is 14.3. The maximum atomic E-state index is 16.6. The van der Waals surface area contributed by atoms with E-state index in [1.807, 2.05) is 29.5 Å². The highest BCUT2D eigenvalue weighted by molar-refractivity contribution is 7.85. The quantitative estimate of drug-likeness (QED) is 0.164. The van der Waals surface area contributed by atoms with Crippen molar-refractivity contribution in [1.82, 2.24) is 4.57 Å². The van der Waals surface area contributed by atoms with Crippen LogP contribution in [0.2, 0.25) is 0 Å². The minimum Gasteiger partial charge on any atom is -0.309 e. The first-order valence-electron chi connectivity index (χ1n) is 18.1. The van der Waals surface area contributed by atoms with Crippen molar-refractivity contribution < 1.29 is 4.57 Å². The van der Waals surface area contributed by atoms with Crippen LogP contribution < -0.4 is 15.9 Å². The minimum absolute atomic E-state index is 0.707. The van der Waals surface area contributed by atoms with Crippen molar-refractivity contribution in [2.75, 3.05) is 0 Å². The molecule has 0 bridgehead atoms. The topological polar surface area (TPSA) is 22.0 Å². The molecule has 2 aliphatic rings. The average molecular weight is 712 g/mol. The summed E-state index contributed by atoms with van der Waals surface area (Å²) in [4.78, 5) is 0. The number of para-hydroxylation sites is 3. The van der Waals surface area contributed by atoms with Crippen LogP contribution in [-0.4, -0.2) is 4.57 Å². The molecule has 0 amide bonds. The molecule has 8 aromatic carbocycles. The van der Waals surface area contributed by atoms with Crippen molar-refractivity contribution in [2.24, 2.45) is 0 Å². The van der Waals surface area contributed by atoms with Crippen LogP contribution in [-0.2, 0) is 9.98 Å². The molecule has 53 heavy (non-hydrogen) atoms. The van der Waals surface area contributed by atoms with Gasteiger partial charge < -0.3 is 9.13 Å². The summed E-state index contributed by atoms with van der Waals surface area (Å²) < 4.78 is 21.6. The van der Waals surface area contributed by atoms with Crippen LogP contribution in [0.1, 0.15) is 22.3 Å². The number of benzene rings is 8. The van der Waals surface area contributed by atoms with Gasteiger partial charge in [-0.3, -0.25) is 0 Å². The van der Waals surface area contributed by atoms with Gasteiger partial charge in [-0.2, -0.15) is 0 Å². The Hall–Kier alpha value is -5.99. The minimum atomic E-state index is -3.37. The molecule has 0 N–H and O–H groups in total. The van der Waals surface area contributed by atoms with Gasteiger partial charge in [0.1, 0.15) is 0 Å². The lowest BCUT2D eigenvalue weighted by molar-refractivity contribution is 0.590. The van der Waals surface area contributed by atoms with Gasteiger partial charge in [0.25, 0.3) is 0 Å². The van der Waals surface area contributed by atoms with Crippen molar-refractivity contribution in [3.8, 4) is 16.8 Å². The van der Waals surface area contributed by atoms with Gasteiger partial charge in [0.05, 0.1) is 22.1 Å². The van der Waals surface area contributed by atoms with Gasteiger partial charge in [0.15, 0.2) is 7.14 Å². The lowest BCUT2D eigenvalue weighted by atomic mass is 9.62. The van der Waals surface area contributed by atoms with E-state index in [1.54, 1.807) is 0 Å². The summed E-state index contributed by atoms with van der Waals surface area (Å²) in [6, 6.07) is 65.5. The molecule has 0 aliphatic carbocycles. The molecular weight excluding hydrogens is 682 g/mol. The molecule has 2 unspecified atom stereocenters. The molecule has 1 spiro atoms. The molecule has 248 valence electrons. The summed E-state index contributed by atoms with van der Waals surface area (Å²) in [5.74, 6) is 0. The monoisotopic (exact) mass is 711 g/mol. The van der Waals surface area contributed by atoms with Crippen molar-refractivity contribution in [1.29, 1.82) is 0 Å². The Bertz CT molecular complexity index is 3230. The van der Waals surface area contributed by atoms with E-state index in [-0.39, 0.29) is 0 Å². The van der Waals surface area contributed by atoms with Crippen molar-refractivity contribution in [3.63, 3.8) is 0 Å². The second kappa shape index (κ2) is 10.5. The van der Waals surface area contributed by atoms with E-state index in [4.69, 9.17) is 0 Å². The molecule has 2 aromatic heterocycles. The summed E-state index contributed by atoms with van der Waals surface area (Å²) >= 11 is 1.83. The largest absolute Gasteiger partial charge is 0.309 e. The maximum Gasteiger partial charge on any atom is 0.171 e. The number of aromatic nitrogens is 1. The fourth-order valence-electron chi connectivity index (χ4n) is 9.73. The van der Waals surface area contributed by atoms with Crippen LogP contribution in [0, 0.1) is 0 Å². The van der Waals surface area contributed by atoms with E-state index >= 15 is 4.57 Å². The Balaban J connectivity index is 1.24. The maximum absolute atomic E-state index is 16.6. The smallest absolute Gasteiger partial charge is 0.171 e. The van der Waals surface area contributed by atoms with Crippen LogP contribution in [0.3, 0.4) is 0 Å². The lowest BCUT2D eigenvalue weighted by Crippen LogP contribution is -2.48. The molecule has 0 fully saturated rings. The first-order chi connectivity index (χ1) is 26.2. The van der Waals surface area contributed by atoms with Gasteiger partial charge in [-0.05, 0) is 69.8 Å². The van der Waals surface area contributed by atoms with Crippen LogP contribution in [0.15, 0.2) is 182 Å². The number of hydrogen-bond donors (Lipinski definition) is 0. The fraction of sp³-hybridized carbons (Fsp3) is 0.0204. The zero-order chi connectivity index (χ0) is 34.9. The van der Waals surface area contributed by atoms with Gasteiger partial charge in [-0.15, -0.1) is 11.3 Å². The SMILES string of the molecule is O=P1(c2ccccc2)c2ccccc2C2(c3ccccc3-n3c4ccccc4c4cccc2c43)c2ccc(-c3ccc4sc5ccccc5c4c3)cc21. The molecular formula is C49H30NOPS. The van der Waals surface area contributed by atoms with Gasteiger partial charge in [0, 0.05) is 46.9 Å². The third kappa shape index (κ3) is 3.66. The van der Waals surface area contributed by atoms with Gasteiger partial charge in [-0.25, -0.2) is 0 Å². The predicted octanol–water partition coefficient (Wildman–Crippen LogP) is 11.5. The normalized spacial score (nSPS) is 18.4. The predicted molar refractivity (Wildman–Crippen MR) is 224 cm³/mol. The second-order valence-corrected chi connectivity index (χ2v) is 18.1. The molecule has 12 rings (SSSR count). The number of thiophene rings is 1. The van der Waals surface area contributed by atoms with Crippen molar-refractivity contribution in [2.45, 2.75) is 5.41 Å². The number of fused-ring (bicyclic) bond motifs is 14. The Labute approximate surface area is 310 Å². The molecule has 2 atom stereocenters. The molecule has 0 saturated carbocycles. The fourth-order valence-corrected chi connectivity index (χ4v) is 14.0. The summed E-state index contributed by atoms with van der Waals surface area (Å²) in [6.45, 7) is 0. The Morgan fingerprint density at radius 3 is 2.00 bits per heavy atom. The van der Waals surface area contributed by atoms with E-state index in [0.717, 1.165) is 43.9 Å². The van der Waals surface area contributed by atoms with E-state index in [2.05, 4.69) is 168 Å². The molecule has 4 heteroatoms. The van der Waals surface area contributed by atoms with Crippen LogP contribution in [0.4, 0.5) is 0 Å². The van der Waals surface area contributed by atoms with E-state index < -0.39 is 12.6 Å². The molecule has 0 radical (unpaired) electrons. The average Bonchev–Trinajstić information content (AvgIpc) is 3.77. The van der Waals surface area contributed by atoms with Gasteiger partial charge >= 0.3 is 0 Å². The molecule has 0 saturated heterocycles. The zero-order valence-electron chi connectivity index (χ0n) is 28.5. The van der Waals surface area contributed by atoms with E-state index in [9.17, 15) is 0 Å². The summed E-state index contributed by atoms with van der Waals surface area (Å²) in [5.41, 5.74) is 9.66. The summed E-state index contributed by atoms with van der Waals surface area (Å²) in [7, 11) is -3.37. The summed E-state index contributed by atoms with van der Waals surface area (Å²) in [6.07, 6.45) is 0. The van der Waals surface area contributed by atoms with Crippen LogP contribution in [0.5, 0.6) is 0 Å². The molecule has 4 heterocycles. The first kappa shape index (κ1) is 29.6. The Morgan fingerprint density at radius 1 is 0.453 bits per heavy atom. The summed E-state index contributed by atoms with van der Waals surface area (Å²) in [5, 5.41) is 7.68. The number of rotatable bonds is 2. The van der Waals surface area contributed by atoms with E-state index in [0.29, 0.717) is 0 Å². The van der Waals surface area contributed by atoms with Gasteiger partial charge in [-0.1, -0.05) is 146 Å². The number of nitrogens with zero attached hydrogens (tertiary/aromatic N) is 1. The van der Waals surface area contributed by atoms with Crippen molar-refractivity contribution >= 4 is 76.4 Å². The van der Waals surface area contributed by atoms with Crippen LogP contribution >= 0.6 is 18.5 Å². The molecule has 10 aromatic rings. The number of hydrogen-bond acceptors (Lipinski definition) is 2. The van der Waals surface area contributed by atoms with Crippen LogP contribution in [0.25, 0.3) is 58.8 Å². The third-order valence-corrected chi connectivity index (χ3v) is 16.2. The first-order valence-corrected chi connectivity index (χ1v) is 20.6. The highest BCUT2D eigenvalue weighted by Crippen LogP contribution is 2.61.